The number of aryl methyl sites for hydroxylation is 2. The van der Waals surface area contributed by atoms with E-state index in [0.29, 0.717) is 0 Å². The molecule has 0 N–H and O–H groups in total. The van der Waals surface area contributed by atoms with Crippen LogP contribution in [0.4, 0.5) is 0 Å². The van der Waals surface area contributed by atoms with Crippen molar-refractivity contribution in [2.75, 3.05) is 0 Å². The maximum absolute atomic E-state index is 13.5. The summed E-state index contributed by atoms with van der Waals surface area (Å²) in [5.74, 6) is 0. The molecule has 0 spiro atoms. The van der Waals surface area contributed by atoms with E-state index in [0.717, 1.165) is 25.0 Å². The average molecular weight is 471 g/mol. The fraction of sp³-hybridized carbons (Fsp3) is 0.316. The van der Waals surface area contributed by atoms with Gasteiger partial charge in [0.1, 0.15) is 4.75 Å². The molecule has 0 unspecified atom stereocenters. The van der Waals surface area contributed by atoms with Crippen LogP contribution in [-0.4, -0.2) is 44.9 Å². The third-order valence-electron chi connectivity index (χ3n) is 4.75. The summed E-state index contributed by atoms with van der Waals surface area (Å²) in [5.41, 5.74) is 10.4. The van der Waals surface area contributed by atoms with E-state index in [1.807, 2.05) is 0 Å². The zero-order valence-corrected chi connectivity index (χ0v) is 19.3. The molecule has 0 atom stereocenters. The van der Waals surface area contributed by atoms with Gasteiger partial charge in [-0.3, -0.25) is 0 Å². The number of nitrogens with zero attached hydrogens (tertiary/aromatic N) is 2. The van der Waals surface area contributed by atoms with Gasteiger partial charge in [-0.1, -0.05) is 35.4 Å². The normalized spacial score (nSPS) is 13.1. The molecule has 0 aliphatic rings. The molecule has 0 heterocycles. The van der Waals surface area contributed by atoms with Gasteiger partial charge in [-0.05, 0) is 52.0 Å². The van der Waals surface area contributed by atoms with Crippen molar-refractivity contribution in [1.29, 1.82) is 0 Å². The summed E-state index contributed by atoms with van der Waals surface area (Å²) in [7, 11) is -14.0. The Hall–Kier alpha value is -2.33. The fourth-order valence-electron chi connectivity index (χ4n) is 2.95. The molecule has 0 saturated heterocycles. The first-order chi connectivity index (χ1) is 13.7. The van der Waals surface area contributed by atoms with E-state index >= 15 is 0 Å². The standard InChI is InChI=1S/C19H22N2O6S3/c1-14-5-9-16(10-6-14)29(24,25)18(19(3,4)28(22,23)13-21-20)30(26,27)17-11-7-15(2)8-12-17/h5-13,18H,1-4H3. The molecule has 2 aromatic rings. The molecule has 0 radical (unpaired) electrons. The summed E-state index contributed by atoms with van der Waals surface area (Å²) in [5, 5.41) is 0. The van der Waals surface area contributed by atoms with Crippen LogP contribution in [-0.2, 0) is 29.5 Å². The van der Waals surface area contributed by atoms with Crippen molar-refractivity contribution >= 4 is 35.1 Å². The van der Waals surface area contributed by atoms with Gasteiger partial charge in [-0.25, -0.2) is 25.3 Å². The second-order valence-electron chi connectivity index (χ2n) is 7.42. The molecule has 8 nitrogen and oxygen atoms in total. The van der Waals surface area contributed by atoms with E-state index in [1.54, 1.807) is 13.8 Å². The second kappa shape index (κ2) is 8.07. The molecule has 11 heteroatoms. The highest BCUT2D eigenvalue weighted by Gasteiger charge is 2.57. The lowest BCUT2D eigenvalue weighted by atomic mass is 10.2. The lowest BCUT2D eigenvalue weighted by Gasteiger charge is -2.30. The Morgan fingerprint density at radius 3 is 1.40 bits per heavy atom. The third-order valence-corrected chi connectivity index (χ3v) is 12.8. The van der Waals surface area contributed by atoms with Gasteiger partial charge in [0.05, 0.1) is 9.79 Å². The minimum Gasteiger partial charge on any atom is -0.361 e. The topological polar surface area (TPSA) is 139 Å². The van der Waals surface area contributed by atoms with Crippen molar-refractivity contribution in [3.8, 4) is 0 Å². The van der Waals surface area contributed by atoms with E-state index in [2.05, 4.69) is 4.79 Å². The zero-order chi connectivity index (χ0) is 23.0. The lowest BCUT2D eigenvalue weighted by Crippen LogP contribution is -2.52. The first kappa shape index (κ1) is 23.9. The first-order valence-electron chi connectivity index (χ1n) is 8.71. The Bertz CT molecular complexity index is 1230. The maximum atomic E-state index is 13.5. The molecular formula is C19H22N2O6S3. The van der Waals surface area contributed by atoms with Gasteiger partial charge in [0, 0.05) is 0 Å². The quantitative estimate of drug-likeness (QED) is 0.263. The van der Waals surface area contributed by atoms with E-state index in [4.69, 9.17) is 5.53 Å². The Labute approximate surface area is 177 Å². The van der Waals surface area contributed by atoms with Crippen LogP contribution in [0.2, 0.25) is 0 Å². The highest BCUT2D eigenvalue weighted by atomic mass is 32.3. The number of rotatable bonds is 7. The van der Waals surface area contributed by atoms with Crippen molar-refractivity contribution in [2.45, 2.75) is 46.8 Å². The average Bonchev–Trinajstić information content (AvgIpc) is 2.61. The number of benzene rings is 2. The Morgan fingerprint density at radius 2 is 1.10 bits per heavy atom. The highest BCUT2D eigenvalue weighted by molar-refractivity contribution is 8.12. The lowest BCUT2D eigenvalue weighted by molar-refractivity contribution is 0.00740. The van der Waals surface area contributed by atoms with Gasteiger partial charge in [0.2, 0.25) is 0 Å². The van der Waals surface area contributed by atoms with Gasteiger partial charge in [-0.15, -0.1) is 0 Å². The molecule has 0 saturated carbocycles. The summed E-state index contributed by atoms with van der Waals surface area (Å²) in [6.07, 6.45) is 0. The van der Waals surface area contributed by atoms with Crippen molar-refractivity contribution in [1.82, 2.24) is 0 Å². The van der Waals surface area contributed by atoms with Crippen LogP contribution in [0.5, 0.6) is 0 Å². The second-order valence-corrected chi connectivity index (χ2v) is 14.1. The van der Waals surface area contributed by atoms with E-state index in [-0.39, 0.29) is 15.3 Å². The van der Waals surface area contributed by atoms with E-state index in [1.165, 1.54) is 48.5 Å². The van der Waals surface area contributed by atoms with Crippen LogP contribution in [0.15, 0.2) is 58.3 Å². The van der Waals surface area contributed by atoms with Gasteiger partial charge in [-0.2, -0.15) is 4.79 Å². The van der Waals surface area contributed by atoms with Gasteiger partial charge in [0.25, 0.3) is 9.84 Å². The molecule has 0 aromatic heterocycles. The highest BCUT2D eigenvalue weighted by Crippen LogP contribution is 2.37. The van der Waals surface area contributed by atoms with Gasteiger partial charge >= 0.3 is 5.55 Å². The molecular weight excluding hydrogens is 448 g/mol. The monoisotopic (exact) mass is 470 g/mol. The van der Waals surface area contributed by atoms with E-state index in [9.17, 15) is 25.3 Å². The van der Waals surface area contributed by atoms with Crippen LogP contribution < -0.4 is 0 Å². The van der Waals surface area contributed by atoms with Crippen molar-refractivity contribution < 1.29 is 30.0 Å². The van der Waals surface area contributed by atoms with Crippen molar-refractivity contribution in [3.05, 3.63) is 65.2 Å². The minimum atomic E-state index is -4.70. The smallest absolute Gasteiger partial charge is 0.361 e. The molecule has 0 aliphatic carbocycles. The number of hydrogen-bond donors (Lipinski definition) is 0. The van der Waals surface area contributed by atoms with Crippen LogP contribution in [0, 0.1) is 13.8 Å². The molecule has 162 valence electrons. The van der Waals surface area contributed by atoms with Crippen molar-refractivity contribution in [3.63, 3.8) is 0 Å². The molecule has 2 rings (SSSR count). The van der Waals surface area contributed by atoms with E-state index < -0.39 is 38.8 Å². The first-order valence-corrected chi connectivity index (χ1v) is 13.3. The molecule has 0 bridgehead atoms. The largest absolute Gasteiger partial charge is 0.370 e. The van der Waals surface area contributed by atoms with Crippen LogP contribution in [0.3, 0.4) is 0 Å². The predicted molar refractivity (Wildman–Crippen MR) is 113 cm³/mol. The Morgan fingerprint density at radius 1 is 0.767 bits per heavy atom. The van der Waals surface area contributed by atoms with Crippen LogP contribution in [0.25, 0.3) is 5.53 Å². The SMILES string of the molecule is Cc1ccc(S(=O)(=O)C(C(C)(C)S(=O)(=O)C=[N+]=[N-])S(=O)(=O)c2ccc(C)cc2)cc1. The Balaban J connectivity index is 2.90. The molecule has 0 amide bonds. The summed E-state index contributed by atoms with van der Waals surface area (Å²) in [6, 6.07) is 10.9. The molecule has 0 aliphatic heterocycles. The van der Waals surface area contributed by atoms with Crippen LogP contribution in [0.1, 0.15) is 25.0 Å². The summed E-state index contributed by atoms with van der Waals surface area (Å²) in [6.45, 7) is 5.41. The summed E-state index contributed by atoms with van der Waals surface area (Å²) in [4.78, 5) is 1.82. The molecule has 30 heavy (non-hydrogen) atoms. The number of hydrogen-bond acceptors (Lipinski definition) is 6. The summed E-state index contributed by atoms with van der Waals surface area (Å²) >= 11 is 0. The molecule has 0 fully saturated rings. The number of sulfone groups is 3. The Kier molecular flexibility index (Phi) is 6.44. The maximum Gasteiger partial charge on any atom is 0.370 e. The zero-order valence-electron chi connectivity index (χ0n) is 16.8. The summed E-state index contributed by atoms with van der Waals surface area (Å²) < 4.78 is 74.6. The third kappa shape index (κ3) is 4.24. The predicted octanol–water partition coefficient (Wildman–Crippen LogP) is 2.33. The van der Waals surface area contributed by atoms with Crippen LogP contribution >= 0.6 is 0 Å². The molecule has 2 aromatic carbocycles. The van der Waals surface area contributed by atoms with Crippen molar-refractivity contribution in [2.24, 2.45) is 0 Å². The van der Waals surface area contributed by atoms with Gasteiger partial charge in [0.15, 0.2) is 24.3 Å². The minimum absolute atomic E-state index is 0.148. The van der Waals surface area contributed by atoms with Gasteiger partial charge < -0.3 is 5.53 Å². The fourth-order valence-corrected chi connectivity index (χ4v) is 10.2.